The lowest BCUT2D eigenvalue weighted by Crippen LogP contribution is -2.08. The second-order valence-electron chi connectivity index (χ2n) is 4.79. The Balaban J connectivity index is 1.69. The SMILES string of the molecule is Cc1ncsc1C(=O)Oc1ccc([C@H]2CCOC2)cc1. The maximum absolute atomic E-state index is 12.0. The number of hydrogen-bond acceptors (Lipinski definition) is 5. The molecule has 0 spiro atoms. The van der Waals surface area contributed by atoms with Crippen LogP contribution in [0, 0.1) is 6.92 Å². The van der Waals surface area contributed by atoms with Gasteiger partial charge in [-0.05, 0) is 31.0 Å². The summed E-state index contributed by atoms with van der Waals surface area (Å²) in [7, 11) is 0. The van der Waals surface area contributed by atoms with Crippen molar-refractivity contribution in [1.82, 2.24) is 4.98 Å². The predicted octanol–water partition coefficient (Wildman–Crippen LogP) is 3.17. The number of aryl methyl sites for hydroxylation is 1. The molecule has 1 aliphatic rings. The Hall–Kier alpha value is -1.72. The molecule has 0 aliphatic carbocycles. The third-order valence-electron chi connectivity index (χ3n) is 3.42. The first-order chi connectivity index (χ1) is 9.74. The van der Waals surface area contributed by atoms with Gasteiger partial charge in [0.15, 0.2) is 0 Å². The molecular weight excluding hydrogens is 274 g/mol. The quantitative estimate of drug-likeness (QED) is 0.643. The van der Waals surface area contributed by atoms with Crippen molar-refractivity contribution in [2.45, 2.75) is 19.3 Å². The Kier molecular flexibility index (Phi) is 3.80. The van der Waals surface area contributed by atoms with Crippen LogP contribution >= 0.6 is 11.3 Å². The molecule has 3 rings (SSSR count). The topological polar surface area (TPSA) is 48.4 Å². The zero-order valence-corrected chi connectivity index (χ0v) is 12.0. The fourth-order valence-electron chi connectivity index (χ4n) is 2.26. The first-order valence-corrected chi connectivity index (χ1v) is 7.42. The number of thiazole rings is 1. The second kappa shape index (κ2) is 5.73. The summed E-state index contributed by atoms with van der Waals surface area (Å²) in [6.45, 7) is 3.40. The molecule has 1 aliphatic heterocycles. The molecule has 0 amide bonds. The summed E-state index contributed by atoms with van der Waals surface area (Å²) >= 11 is 1.30. The number of carbonyl (C=O) groups is 1. The minimum Gasteiger partial charge on any atom is -0.422 e. The Morgan fingerprint density at radius 3 is 2.80 bits per heavy atom. The summed E-state index contributed by atoms with van der Waals surface area (Å²) in [6.07, 6.45) is 1.05. The zero-order chi connectivity index (χ0) is 13.9. The van der Waals surface area contributed by atoms with Gasteiger partial charge in [-0.2, -0.15) is 0 Å². The molecular formula is C15H15NO3S. The van der Waals surface area contributed by atoms with E-state index in [1.54, 1.807) is 12.4 Å². The van der Waals surface area contributed by atoms with Gasteiger partial charge in [0.05, 0.1) is 17.8 Å². The lowest BCUT2D eigenvalue weighted by molar-refractivity contribution is 0.0739. The minimum absolute atomic E-state index is 0.345. The standard InChI is InChI=1S/C15H15NO3S/c1-10-14(20-9-16-10)15(17)19-13-4-2-11(3-5-13)12-6-7-18-8-12/h2-5,9,12H,6-8H2,1H3/t12-/m0/s1. The molecule has 0 saturated carbocycles. The van der Waals surface area contributed by atoms with E-state index in [1.807, 2.05) is 24.3 Å². The van der Waals surface area contributed by atoms with E-state index in [4.69, 9.17) is 9.47 Å². The number of carbonyl (C=O) groups excluding carboxylic acids is 1. The summed E-state index contributed by atoms with van der Waals surface area (Å²) in [4.78, 5) is 16.6. The first kappa shape index (κ1) is 13.3. The van der Waals surface area contributed by atoms with E-state index in [0.29, 0.717) is 22.2 Å². The molecule has 0 N–H and O–H groups in total. The highest BCUT2D eigenvalue weighted by Crippen LogP contribution is 2.27. The van der Waals surface area contributed by atoms with Crippen LogP contribution < -0.4 is 4.74 Å². The fraction of sp³-hybridized carbons (Fsp3) is 0.333. The van der Waals surface area contributed by atoms with E-state index in [1.165, 1.54) is 16.9 Å². The third-order valence-corrected chi connectivity index (χ3v) is 4.33. The van der Waals surface area contributed by atoms with Gasteiger partial charge in [0.25, 0.3) is 0 Å². The minimum atomic E-state index is -0.345. The van der Waals surface area contributed by atoms with Crippen LogP contribution in [0.15, 0.2) is 29.8 Å². The molecule has 1 atom stereocenters. The number of esters is 1. The molecule has 1 aromatic heterocycles. The van der Waals surface area contributed by atoms with Crippen molar-refractivity contribution in [2.24, 2.45) is 0 Å². The van der Waals surface area contributed by atoms with Gasteiger partial charge in [-0.15, -0.1) is 11.3 Å². The average Bonchev–Trinajstić information content (AvgIpc) is 3.10. The first-order valence-electron chi connectivity index (χ1n) is 6.54. The molecule has 1 aromatic carbocycles. The molecule has 1 fully saturated rings. The van der Waals surface area contributed by atoms with Crippen LogP contribution in [-0.4, -0.2) is 24.2 Å². The fourth-order valence-corrected chi connectivity index (χ4v) is 2.93. The smallest absolute Gasteiger partial charge is 0.355 e. The lowest BCUT2D eigenvalue weighted by Gasteiger charge is -2.09. The highest BCUT2D eigenvalue weighted by atomic mass is 32.1. The van der Waals surface area contributed by atoms with E-state index in [0.717, 1.165) is 19.6 Å². The molecule has 0 bridgehead atoms. The molecule has 0 radical (unpaired) electrons. The van der Waals surface area contributed by atoms with Gasteiger partial charge in [-0.25, -0.2) is 9.78 Å². The van der Waals surface area contributed by atoms with Gasteiger partial charge < -0.3 is 9.47 Å². The number of ether oxygens (including phenoxy) is 2. The molecule has 1 saturated heterocycles. The summed E-state index contributed by atoms with van der Waals surface area (Å²) < 4.78 is 10.7. The Labute approximate surface area is 121 Å². The van der Waals surface area contributed by atoms with Gasteiger partial charge in [-0.1, -0.05) is 12.1 Å². The zero-order valence-electron chi connectivity index (χ0n) is 11.2. The monoisotopic (exact) mass is 289 g/mol. The predicted molar refractivity (Wildman–Crippen MR) is 76.4 cm³/mol. The van der Waals surface area contributed by atoms with Crippen LogP contribution in [-0.2, 0) is 4.74 Å². The van der Waals surface area contributed by atoms with Crippen LogP contribution in [0.2, 0.25) is 0 Å². The van der Waals surface area contributed by atoms with E-state index >= 15 is 0 Å². The van der Waals surface area contributed by atoms with E-state index in [9.17, 15) is 4.79 Å². The van der Waals surface area contributed by atoms with Gasteiger partial charge in [0, 0.05) is 12.5 Å². The van der Waals surface area contributed by atoms with Gasteiger partial charge in [0.2, 0.25) is 0 Å². The molecule has 2 heterocycles. The molecule has 104 valence electrons. The molecule has 2 aromatic rings. The maximum atomic E-state index is 12.0. The van der Waals surface area contributed by atoms with Crippen LogP contribution in [0.25, 0.3) is 0 Å². The third kappa shape index (κ3) is 2.73. The van der Waals surface area contributed by atoms with Crippen LogP contribution in [0.5, 0.6) is 5.75 Å². The molecule has 4 nitrogen and oxygen atoms in total. The average molecular weight is 289 g/mol. The van der Waals surface area contributed by atoms with Crippen molar-refractivity contribution in [2.75, 3.05) is 13.2 Å². The summed E-state index contributed by atoms with van der Waals surface area (Å²) in [5, 5.41) is 0. The normalized spacial score (nSPS) is 18.1. The van der Waals surface area contributed by atoms with Crippen LogP contribution in [0.1, 0.15) is 33.3 Å². The second-order valence-corrected chi connectivity index (χ2v) is 5.64. The number of benzene rings is 1. The van der Waals surface area contributed by atoms with Crippen LogP contribution in [0.3, 0.4) is 0 Å². The molecule has 20 heavy (non-hydrogen) atoms. The van der Waals surface area contributed by atoms with E-state index in [-0.39, 0.29) is 5.97 Å². The Bertz CT molecular complexity index is 600. The van der Waals surface area contributed by atoms with Crippen LogP contribution in [0.4, 0.5) is 0 Å². The van der Waals surface area contributed by atoms with Gasteiger partial charge in [-0.3, -0.25) is 0 Å². The molecule has 5 heteroatoms. The number of rotatable bonds is 3. The maximum Gasteiger partial charge on any atom is 0.355 e. The molecule has 0 unspecified atom stereocenters. The van der Waals surface area contributed by atoms with Crippen molar-refractivity contribution >= 4 is 17.3 Å². The highest BCUT2D eigenvalue weighted by molar-refractivity contribution is 7.11. The van der Waals surface area contributed by atoms with Crippen molar-refractivity contribution in [3.63, 3.8) is 0 Å². The largest absolute Gasteiger partial charge is 0.422 e. The summed E-state index contributed by atoms with van der Waals surface area (Å²) in [5.74, 6) is 0.677. The Morgan fingerprint density at radius 2 is 2.20 bits per heavy atom. The van der Waals surface area contributed by atoms with E-state index in [2.05, 4.69) is 4.98 Å². The van der Waals surface area contributed by atoms with Crippen molar-refractivity contribution < 1.29 is 14.3 Å². The number of aromatic nitrogens is 1. The summed E-state index contributed by atoms with van der Waals surface area (Å²) in [5.41, 5.74) is 3.59. The van der Waals surface area contributed by atoms with Crippen molar-refractivity contribution in [1.29, 1.82) is 0 Å². The lowest BCUT2D eigenvalue weighted by atomic mass is 9.99. The van der Waals surface area contributed by atoms with Gasteiger partial charge in [0.1, 0.15) is 10.6 Å². The van der Waals surface area contributed by atoms with E-state index < -0.39 is 0 Å². The number of nitrogens with zero attached hydrogens (tertiary/aromatic N) is 1. The highest BCUT2D eigenvalue weighted by Gasteiger charge is 2.18. The Morgan fingerprint density at radius 1 is 1.40 bits per heavy atom. The van der Waals surface area contributed by atoms with Gasteiger partial charge >= 0.3 is 5.97 Å². The number of hydrogen-bond donors (Lipinski definition) is 0. The summed E-state index contributed by atoms with van der Waals surface area (Å²) in [6, 6.07) is 7.67. The van der Waals surface area contributed by atoms with Crippen molar-refractivity contribution in [3.8, 4) is 5.75 Å². The van der Waals surface area contributed by atoms with Crippen molar-refractivity contribution in [3.05, 3.63) is 45.9 Å².